The van der Waals surface area contributed by atoms with Crippen molar-refractivity contribution in [3.05, 3.63) is 47.5 Å². The number of carbonyl (C=O) groups excluding carboxylic acids is 2. The third-order valence-electron chi connectivity index (χ3n) is 6.97. The van der Waals surface area contributed by atoms with E-state index in [-0.39, 0.29) is 12.1 Å². The highest BCUT2D eigenvalue weighted by atomic mass is 16.5. The quantitative estimate of drug-likeness (QED) is 0.287. The Morgan fingerprint density at radius 3 is 1.66 bits per heavy atom. The van der Waals surface area contributed by atoms with Crippen molar-refractivity contribution in [3.8, 4) is 11.5 Å². The molecule has 6 rings (SSSR count). The number of esters is 2. The lowest BCUT2D eigenvalue weighted by Gasteiger charge is -2.27. The maximum Gasteiger partial charge on any atom is 0.338 e. The topological polar surface area (TPSA) is 159 Å². The summed E-state index contributed by atoms with van der Waals surface area (Å²) in [5, 5.41) is 0. The number of ether oxygens (including phenoxy) is 4. The van der Waals surface area contributed by atoms with Crippen molar-refractivity contribution in [2.45, 2.75) is 24.9 Å². The minimum Gasteiger partial charge on any atom is -0.489 e. The summed E-state index contributed by atoms with van der Waals surface area (Å²) in [7, 11) is 2.66. The van der Waals surface area contributed by atoms with Gasteiger partial charge >= 0.3 is 11.9 Å². The first kappa shape index (κ1) is 23.6. The number of aromatic nitrogens is 4. The Bertz CT molecular complexity index is 1520. The number of nitrogens with two attached hydrogens (primary N) is 2. The van der Waals surface area contributed by atoms with Gasteiger partial charge < -0.3 is 39.5 Å². The second-order valence-electron chi connectivity index (χ2n) is 9.22. The molecule has 2 aromatic heterocycles. The van der Waals surface area contributed by atoms with E-state index in [4.69, 9.17) is 30.4 Å². The molecule has 196 valence electrons. The Morgan fingerprint density at radius 2 is 1.26 bits per heavy atom. The van der Waals surface area contributed by atoms with Crippen molar-refractivity contribution in [2.24, 2.45) is 0 Å². The van der Waals surface area contributed by atoms with Crippen molar-refractivity contribution in [2.75, 3.05) is 38.9 Å². The standard InChI is InChI=1S/C26H26N6O6/c1-35-23(33)13-7-17-21-19(9-13)37-11-15(31(21)25(27)29-17)5-3-4-6-16-12-38-20-10-14(24(34)36-2)8-18-22(20)32(16)26(28)30-18/h3-4,7-10,15-16H,5-6,11-12H2,1-2H3,(H2,27,29)(H2,28,30)/b4-3+/t15-,16-/m0/s1. The lowest BCUT2D eigenvalue weighted by molar-refractivity contribution is 0.0591. The molecule has 12 heteroatoms. The number of nitrogens with zero attached hydrogens (tertiary/aromatic N) is 4. The highest BCUT2D eigenvalue weighted by Crippen LogP contribution is 2.39. The van der Waals surface area contributed by atoms with Crippen LogP contribution >= 0.6 is 0 Å². The number of hydrogen-bond acceptors (Lipinski definition) is 10. The average Bonchev–Trinajstić information content (AvgIpc) is 3.45. The summed E-state index contributed by atoms with van der Waals surface area (Å²) in [5.74, 6) is 0.919. The second-order valence-corrected chi connectivity index (χ2v) is 9.22. The number of rotatable bonds is 6. The van der Waals surface area contributed by atoms with Crippen LogP contribution in [0.2, 0.25) is 0 Å². The van der Waals surface area contributed by atoms with Gasteiger partial charge in [0.2, 0.25) is 11.9 Å². The smallest absolute Gasteiger partial charge is 0.338 e. The van der Waals surface area contributed by atoms with Crippen LogP contribution in [0.15, 0.2) is 36.4 Å². The van der Waals surface area contributed by atoms with Gasteiger partial charge in [0.25, 0.3) is 0 Å². The minimum atomic E-state index is -0.459. The van der Waals surface area contributed by atoms with E-state index in [0.717, 1.165) is 11.0 Å². The summed E-state index contributed by atoms with van der Waals surface area (Å²) < 4.78 is 25.5. The molecule has 0 aliphatic carbocycles. The largest absolute Gasteiger partial charge is 0.489 e. The predicted octanol–water partition coefficient (Wildman–Crippen LogP) is 3.03. The van der Waals surface area contributed by atoms with Crippen LogP contribution in [-0.4, -0.2) is 58.5 Å². The van der Waals surface area contributed by atoms with E-state index in [1.54, 1.807) is 24.3 Å². The first-order valence-electron chi connectivity index (χ1n) is 12.1. The molecule has 0 radical (unpaired) electrons. The normalized spacial score (nSPS) is 17.9. The second kappa shape index (κ2) is 8.98. The molecule has 2 aromatic carbocycles. The fraction of sp³-hybridized carbons (Fsp3) is 0.308. The van der Waals surface area contributed by atoms with Gasteiger partial charge in [-0.1, -0.05) is 12.2 Å². The maximum atomic E-state index is 12.0. The molecule has 0 bridgehead atoms. The molecule has 0 saturated carbocycles. The predicted molar refractivity (Wildman–Crippen MR) is 138 cm³/mol. The van der Waals surface area contributed by atoms with Gasteiger partial charge in [0.1, 0.15) is 35.7 Å². The van der Waals surface area contributed by atoms with Crippen LogP contribution < -0.4 is 20.9 Å². The van der Waals surface area contributed by atoms with Crippen LogP contribution in [0.4, 0.5) is 11.9 Å². The number of imidazole rings is 2. The zero-order valence-electron chi connectivity index (χ0n) is 20.8. The number of carbonyl (C=O) groups is 2. The van der Waals surface area contributed by atoms with Crippen LogP contribution in [0.3, 0.4) is 0 Å². The molecule has 4 heterocycles. The summed E-state index contributed by atoms with van der Waals surface area (Å²) in [6.45, 7) is 0.768. The molecule has 2 aliphatic heterocycles. The monoisotopic (exact) mass is 518 g/mol. The average molecular weight is 519 g/mol. The van der Waals surface area contributed by atoms with Crippen LogP contribution in [0.1, 0.15) is 45.6 Å². The molecule has 0 saturated heterocycles. The molecule has 0 amide bonds. The molecule has 2 aliphatic rings. The number of allylic oxidation sites excluding steroid dienone is 2. The molecule has 0 spiro atoms. The van der Waals surface area contributed by atoms with E-state index in [1.807, 2.05) is 9.13 Å². The van der Waals surface area contributed by atoms with Crippen molar-refractivity contribution < 1.29 is 28.5 Å². The third kappa shape index (κ3) is 3.67. The molecule has 4 N–H and O–H groups in total. The van der Waals surface area contributed by atoms with Crippen LogP contribution in [0.25, 0.3) is 22.1 Å². The van der Waals surface area contributed by atoms with E-state index in [0.29, 0.717) is 71.6 Å². The molecule has 0 fully saturated rings. The molecular formula is C26H26N6O6. The number of anilines is 2. The minimum absolute atomic E-state index is 0.0576. The van der Waals surface area contributed by atoms with Crippen molar-refractivity contribution >= 4 is 45.9 Å². The van der Waals surface area contributed by atoms with Gasteiger partial charge in [-0.3, -0.25) is 0 Å². The Balaban J connectivity index is 1.21. The van der Waals surface area contributed by atoms with E-state index in [2.05, 4.69) is 22.1 Å². The van der Waals surface area contributed by atoms with E-state index < -0.39 is 11.9 Å². The van der Waals surface area contributed by atoms with Crippen molar-refractivity contribution in [3.63, 3.8) is 0 Å². The fourth-order valence-corrected chi connectivity index (χ4v) is 5.23. The van der Waals surface area contributed by atoms with Gasteiger partial charge in [-0.25, -0.2) is 19.6 Å². The van der Waals surface area contributed by atoms with Gasteiger partial charge in [0, 0.05) is 0 Å². The molecular weight excluding hydrogens is 492 g/mol. The Hall–Kier alpha value is -4.74. The first-order valence-corrected chi connectivity index (χ1v) is 12.1. The molecule has 2 atom stereocenters. The molecule has 12 nitrogen and oxygen atoms in total. The number of hydrogen-bond donors (Lipinski definition) is 2. The van der Waals surface area contributed by atoms with E-state index in [9.17, 15) is 9.59 Å². The van der Waals surface area contributed by atoms with Gasteiger partial charge in [0.05, 0.1) is 48.5 Å². The van der Waals surface area contributed by atoms with Gasteiger partial charge in [-0.2, -0.15) is 0 Å². The van der Waals surface area contributed by atoms with Gasteiger partial charge in [-0.15, -0.1) is 0 Å². The molecule has 4 aromatic rings. The highest BCUT2D eigenvalue weighted by molar-refractivity contribution is 5.98. The lowest BCUT2D eigenvalue weighted by atomic mass is 10.1. The summed E-state index contributed by atoms with van der Waals surface area (Å²) in [6.07, 6.45) is 5.48. The number of nitrogen functional groups attached to an aromatic ring is 2. The Labute approximate surface area is 216 Å². The zero-order valence-corrected chi connectivity index (χ0v) is 20.8. The SMILES string of the molecule is COC(=O)c1cc2c3c(c1)nc(N)n3[C@@H](C/C=C/C[C@H]1COc3cc(C(=O)OC)cc4nc(N)n1c34)CO2. The van der Waals surface area contributed by atoms with E-state index in [1.165, 1.54) is 14.2 Å². The van der Waals surface area contributed by atoms with E-state index >= 15 is 0 Å². The van der Waals surface area contributed by atoms with Gasteiger partial charge in [0.15, 0.2) is 0 Å². The molecule has 38 heavy (non-hydrogen) atoms. The lowest BCUT2D eigenvalue weighted by Crippen LogP contribution is -2.23. The first-order chi connectivity index (χ1) is 18.4. The number of benzene rings is 2. The van der Waals surface area contributed by atoms with Crippen molar-refractivity contribution in [1.82, 2.24) is 19.1 Å². The summed E-state index contributed by atoms with van der Waals surface area (Å²) in [5.41, 5.74) is 15.9. The van der Waals surface area contributed by atoms with Crippen molar-refractivity contribution in [1.29, 1.82) is 0 Å². The summed E-state index contributed by atoms with van der Waals surface area (Å²) in [4.78, 5) is 32.9. The van der Waals surface area contributed by atoms with Crippen LogP contribution in [-0.2, 0) is 9.47 Å². The Kier molecular flexibility index (Phi) is 5.59. The third-order valence-corrected chi connectivity index (χ3v) is 6.97. The Morgan fingerprint density at radius 1 is 0.842 bits per heavy atom. The molecule has 0 unspecified atom stereocenters. The highest BCUT2D eigenvalue weighted by Gasteiger charge is 2.29. The summed E-state index contributed by atoms with van der Waals surface area (Å²) in [6, 6.07) is 6.51. The number of methoxy groups -OCH3 is 2. The maximum absolute atomic E-state index is 12.0. The fourth-order valence-electron chi connectivity index (χ4n) is 5.23. The summed E-state index contributed by atoms with van der Waals surface area (Å²) >= 11 is 0. The van der Waals surface area contributed by atoms with Crippen LogP contribution in [0.5, 0.6) is 11.5 Å². The van der Waals surface area contributed by atoms with Crippen LogP contribution in [0, 0.1) is 0 Å². The van der Waals surface area contributed by atoms with Gasteiger partial charge in [-0.05, 0) is 37.1 Å². The zero-order chi connectivity index (χ0) is 26.6.